The number of rotatable bonds is 3. The molecule has 0 spiro atoms. The molecule has 0 radical (unpaired) electrons. The van der Waals surface area contributed by atoms with Crippen molar-refractivity contribution < 1.29 is 9.21 Å². The number of hydrogen-bond acceptors (Lipinski definition) is 2. The number of halogens is 1. The highest BCUT2D eigenvalue weighted by Crippen LogP contribution is 2.27. The fourth-order valence-electron chi connectivity index (χ4n) is 3.10. The second kappa shape index (κ2) is 6.22. The highest BCUT2D eigenvalue weighted by molar-refractivity contribution is 9.09. The van der Waals surface area contributed by atoms with E-state index in [4.69, 9.17) is 4.42 Å². The molecule has 1 fully saturated rings. The average Bonchev–Trinajstić information content (AvgIpc) is 2.91. The molecule has 1 N–H and O–H groups in total. The van der Waals surface area contributed by atoms with Crippen molar-refractivity contribution in [3.05, 3.63) is 35.6 Å². The molecule has 1 aromatic carbocycles. The summed E-state index contributed by atoms with van der Waals surface area (Å²) in [5.74, 6) is 0.838. The zero-order valence-electron chi connectivity index (χ0n) is 12.2. The van der Waals surface area contributed by atoms with Gasteiger partial charge < -0.3 is 9.73 Å². The zero-order chi connectivity index (χ0) is 14.8. The summed E-state index contributed by atoms with van der Waals surface area (Å²) in [7, 11) is 0. The Bertz CT molecular complexity index is 649. The Morgan fingerprint density at radius 3 is 2.95 bits per heavy atom. The minimum Gasteiger partial charge on any atom is -0.451 e. The molecule has 4 heteroatoms. The Labute approximate surface area is 133 Å². The lowest BCUT2D eigenvalue weighted by Gasteiger charge is -2.30. The van der Waals surface area contributed by atoms with E-state index in [9.17, 15) is 4.79 Å². The van der Waals surface area contributed by atoms with Gasteiger partial charge in [-0.25, -0.2) is 0 Å². The maximum atomic E-state index is 12.4. The van der Waals surface area contributed by atoms with Crippen LogP contribution in [0.15, 0.2) is 28.7 Å². The van der Waals surface area contributed by atoms with Gasteiger partial charge in [0, 0.05) is 16.8 Å². The summed E-state index contributed by atoms with van der Waals surface area (Å²) < 4.78 is 5.67. The third-order valence-electron chi connectivity index (χ3n) is 4.32. The van der Waals surface area contributed by atoms with Crippen LogP contribution >= 0.6 is 15.9 Å². The number of nitrogens with one attached hydrogen (secondary N) is 1. The topological polar surface area (TPSA) is 42.2 Å². The quantitative estimate of drug-likeness (QED) is 0.833. The van der Waals surface area contributed by atoms with Gasteiger partial charge in [0.15, 0.2) is 5.76 Å². The monoisotopic (exact) mass is 349 g/mol. The molecule has 2 unspecified atom stereocenters. The normalized spacial score (nSPS) is 22.4. The molecule has 2 atom stereocenters. The second-order valence-electron chi connectivity index (χ2n) is 5.93. The summed E-state index contributed by atoms with van der Waals surface area (Å²) in [4.78, 5) is 12.4. The first-order valence-electron chi connectivity index (χ1n) is 7.54. The Morgan fingerprint density at radius 2 is 2.14 bits per heavy atom. The van der Waals surface area contributed by atoms with Gasteiger partial charge in [0.2, 0.25) is 0 Å². The zero-order valence-corrected chi connectivity index (χ0v) is 13.8. The summed E-state index contributed by atoms with van der Waals surface area (Å²) in [5.41, 5.74) is 1.94. The van der Waals surface area contributed by atoms with Crippen molar-refractivity contribution in [1.82, 2.24) is 5.32 Å². The minimum atomic E-state index is -0.0956. The maximum Gasteiger partial charge on any atom is 0.287 e. The summed E-state index contributed by atoms with van der Waals surface area (Å²) in [5, 5.41) is 5.08. The Morgan fingerprint density at radius 1 is 1.33 bits per heavy atom. The van der Waals surface area contributed by atoms with Crippen LogP contribution < -0.4 is 5.32 Å². The van der Waals surface area contributed by atoms with E-state index in [1.807, 2.05) is 31.2 Å². The van der Waals surface area contributed by atoms with Gasteiger partial charge in [0.05, 0.1) is 0 Å². The molecule has 1 saturated carbocycles. The number of carbonyl (C=O) groups excluding carboxylic acids is 1. The molecular weight excluding hydrogens is 330 g/mol. The molecule has 2 aromatic rings. The smallest absolute Gasteiger partial charge is 0.287 e. The highest BCUT2D eigenvalue weighted by atomic mass is 79.9. The molecule has 0 bridgehead atoms. The number of furan rings is 1. The molecule has 1 amide bonds. The molecule has 112 valence electrons. The van der Waals surface area contributed by atoms with Crippen LogP contribution in [-0.2, 0) is 0 Å². The van der Waals surface area contributed by atoms with E-state index in [0.717, 1.165) is 22.7 Å². The van der Waals surface area contributed by atoms with Crippen LogP contribution in [0, 0.1) is 12.8 Å². The highest BCUT2D eigenvalue weighted by Gasteiger charge is 2.26. The van der Waals surface area contributed by atoms with Crippen molar-refractivity contribution in [3.8, 4) is 0 Å². The van der Waals surface area contributed by atoms with E-state index < -0.39 is 0 Å². The lowest BCUT2D eigenvalue weighted by Crippen LogP contribution is -2.42. The summed E-state index contributed by atoms with van der Waals surface area (Å²) in [6.45, 7) is 2.04. The van der Waals surface area contributed by atoms with Crippen molar-refractivity contribution in [2.45, 2.75) is 38.6 Å². The first kappa shape index (κ1) is 14.6. The van der Waals surface area contributed by atoms with Crippen LogP contribution in [-0.4, -0.2) is 17.3 Å². The fraction of sp³-hybridized carbons (Fsp3) is 0.471. The molecule has 1 aliphatic carbocycles. The Hall–Kier alpha value is -1.29. The van der Waals surface area contributed by atoms with E-state index in [1.165, 1.54) is 24.8 Å². The third-order valence-corrected chi connectivity index (χ3v) is 5.15. The number of benzene rings is 1. The summed E-state index contributed by atoms with van der Waals surface area (Å²) >= 11 is 3.56. The van der Waals surface area contributed by atoms with Crippen molar-refractivity contribution in [2.75, 3.05) is 5.33 Å². The number of alkyl halides is 1. The molecule has 21 heavy (non-hydrogen) atoms. The molecule has 0 saturated heterocycles. The Kier molecular flexibility index (Phi) is 4.34. The molecule has 1 heterocycles. The van der Waals surface area contributed by atoms with E-state index in [-0.39, 0.29) is 11.9 Å². The SMILES string of the molecule is Cc1ccc2oc(C(=O)NC3CCCCC3CBr)cc2c1. The number of hydrogen-bond donors (Lipinski definition) is 1. The second-order valence-corrected chi connectivity index (χ2v) is 6.58. The molecule has 1 aromatic heterocycles. The lowest BCUT2D eigenvalue weighted by molar-refractivity contribution is 0.0885. The van der Waals surface area contributed by atoms with Crippen LogP contribution in [0.1, 0.15) is 41.8 Å². The third kappa shape index (κ3) is 3.15. The van der Waals surface area contributed by atoms with Gasteiger partial charge in [0.1, 0.15) is 5.58 Å². The van der Waals surface area contributed by atoms with Crippen LogP contribution in [0.4, 0.5) is 0 Å². The van der Waals surface area contributed by atoms with Crippen molar-refractivity contribution in [1.29, 1.82) is 0 Å². The maximum absolute atomic E-state index is 12.4. The van der Waals surface area contributed by atoms with Crippen molar-refractivity contribution in [2.24, 2.45) is 5.92 Å². The Balaban J connectivity index is 1.77. The van der Waals surface area contributed by atoms with Crippen LogP contribution in [0.25, 0.3) is 11.0 Å². The molecule has 3 rings (SSSR count). The first-order chi connectivity index (χ1) is 10.2. The van der Waals surface area contributed by atoms with Gasteiger partial charge >= 0.3 is 0 Å². The first-order valence-corrected chi connectivity index (χ1v) is 8.66. The number of amides is 1. The average molecular weight is 350 g/mol. The van der Waals surface area contributed by atoms with Crippen molar-refractivity contribution in [3.63, 3.8) is 0 Å². The molecular formula is C17H20BrNO2. The van der Waals surface area contributed by atoms with E-state index in [0.29, 0.717) is 11.7 Å². The van der Waals surface area contributed by atoms with Crippen LogP contribution in [0.3, 0.4) is 0 Å². The summed E-state index contributed by atoms with van der Waals surface area (Å²) in [6.07, 6.45) is 4.68. The number of carbonyl (C=O) groups is 1. The molecule has 3 nitrogen and oxygen atoms in total. The van der Waals surface area contributed by atoms with Gasteiger partial charge in [-0.1, -0.05) is 40.4 Å². The van der Waals surface area contributed by atoms with Gasteiger partial charge in [-0.3, -0.25) is 4.79 Å². The molecule has 1 aliphatic rings. The van der Waals surface area contributed by atoms with E-state index in [1.54, 1.807) is 0 Å². The van der Waals surface area contributed by atoms with Crippen LogP contribution in [0.2, 0.25) is 0 Å². The number of aryl methyl sites for hydroxylation is 1. The fourth-order valence-corrected chi connectivity index (χ4v) is 3.87. The van der Waals surface area contributed by atoms with Crippen LogP contribution in [0.5, 0.6) is 0 Å². The summed E-state index contributed by atoms with van der Waals surface area (Å²) in [6, 6.07) is 8.04. The van der Waals surface area contributed by atoms with Gasteiger partial charge in [-0.2, -0.15) is 0 Å². The van der Waals surface area contributed by atoms with Crippen molar-refractivity contribution >= 4 is 32.8 Å². The molecule has 0 aliphatic heterocycles. The van der Waals surface area contributed by atoms with Gasteiger partial charge in [-0.15, -0.1) is 0 Å². The minimum absolute atomic E-state index is 0.0956. The van der Waals surface area contributed by atoms with E-state index >= 15 is 0 Å². The standard InChI is InChI=1S/C17H20BrNO2/c1-11-6-7-15-13(8-11)9-16(21-15)17(20)19-14-5-3-2-4-12(14)10-18/h6-9,12,14H,2-5,10H2,1H3,(H,19,20). The van der Waals surface area contributed by atoms with E-state index in [2.05, 4.69) is 21.2 Å². The number of fused-ring (bicyclic) bond motifs is 1. The van der Waals surface area contributed by atoms with Gasteiger partial charge in [-0.05, 0) is 43.9 Å². The largest absolute Gasteiger partial charge is 0.451 e. The van der Waals surface area contributed by atoms with Gasteiger partial charge in [0.25, 0.3) is 5.91 Å². The predicted molar refractivity (Wildman–Crippen MR) is 88.0 cm³/mol. The lowest BCUT2D eigenvalue weighted by atomic mass is 9.86. The predicted octanol–water partition coefficient (Wildman–Crippen LogP) is 4.42.